The number of aromatic nitrogens is 1. The molecule has 1 N–H and O–H groups in total. The molecule has 0 aliphatic carbocycles. The first-order valence-electron chi connectivity index (χ1n) is 9.36. The van der Waals surface area contributed by atoms with E-state index in [0.717, 1.165) is 37.3 Å². The molecule has 0 spiro atoms. The van der Waals surface area contributed by atoms with Gasteiger partial charge >= 0.3 is 0 Å². The van der Waals surface area contributed by atoms with Gasteiger partial charge in [0, 0.05) is 29.6 Å². The van der Waals surface area contributed by atoms with E-state index in [2.05, 4.69) is 11.1 Å². The monoisotopic (exact) mass is 392 g/mol. The Morgan fingerprint density at radius 2 is 1.76 bits per heavy atom. The Labute approximate surface area is 168 Å². The first-order valence-corrected chi connectivity index (χ1v) is 9.36. The number of nitro groups is 1. The summed E-state index contributed by atoms with van der Waals surface area (Å²) < 4.78 is 14.0. The number of nitrogens with zero attached hydrogens (tertiary/aromatic N) is 2. The Morgan fingerprint density at radius 1 is 1.00 bits per heavy atom. The van der Waals surface area contributed by atoms with Crippen LogP contribution < -0.4 is 0 Å². The summed E-state index contributed by atoms with van der Waals surface area (Å²) in [6.45, 7) is 0. The highest BCUT2D eigenvalue weighted by molar-refractivity contribution is 5.73. The predicted octanol–water partition coefficient (Wildman–Crippen LogP) is 5.57. The molecule has 0 fully saturated rings. The molecule has 0 aliphatic rings. The lowest BCUT2D eigenvalue weighted by atomic mass is 10.0. The minimum Gasteiger partial charge on any atom is -0.507 e. The van der Waals surface area contributed by atoms with Crippen molar-refractivity contribution in [2.24, 2.45) is 0 Å². The minimum atomic E-state index is -0.679. The number of phenols is 1. The van der Waals surface area contributed by atoms with E-state index in [9.17, 15) is 19.6 Å². The molecule has 6 heteroatoms. The van der Waals surface area contributed by atoms with Crippen molar-refractivity contribution in [1.82, 2.24) is 4.98 Å². The summed E-state index contributed by atoms with van der Waals surface area (Å²) in [5.74, 6) is -0.579. The minimum absolute atomic E-state index is 0.0997. The van der Waals surface area contributed by atoms with E-state index >= 15 is 0 Å². The Bertz CT molecular complexity index is 1020. The lowest BCUT2D eigenvalue weighted by Crippen LogP contribution is -1.91. The van der Waals surface area contributed by atoms with Crippen LogP contribution in [0.2, 0.25) is 0 Å². The maximum absolute atomic E-state index is 14.0. The molecule has 0 aliphatic heterocycles. The molecule has 0 saturated heterocycles. The van der Waals surface area contributed by atoms with Crippen LogP contribution in [0.3, 0.4) is 0 Å². The lowest BCUT2D eigenvalue weighted by Gasteiger charge is -2.06. The molecule has 0 saturated carbocycles. The smallest absolute Gasteiger partial charge is 0.272 e. The summed E-state index contributed by atoms with van der Waals surface area (Å²) in [7, 11) is 0. The van der Waals surface area contributed by atoms with Gasteiger partial charge in [0.2, 0.25) is 0 Å². The van der Waals surface area contributed by atoms with Gasteiger partial charge in [-0.2, -0.15) is 0 Å². The summed E-state index contributed by atoms with van der Waals surface area (Å²) in [5.41, 5.74) is 2.80. The van der Waals surface area contributed by atoms with Gasteiger partial charge in [0.25, 0.3) is 5.69 Å². The third kappa shape index (κ3) is 5.72. The largest absolute Gasteiger partial charge is 0.507 e. The van der Waals surface area contributed by atoms with E-state index in [1.165, 1.54) is 23.8 Å². The van der Waals surface area contributed by atoms with Gasteiger partial charge in [0.15, 0.2) is 0 Å². The maximum Gasteiger partial charge on any atom is 0.272 e. The maximum atomic E-state index is 14.0. The van der Waals surface area contributed by atoms with Crippen LogP contribution in [0.25, 0.3) is 12.2 Å². The van der Waals surface area contributed by atoms with Crippen LogP contribution >= 0.6 is 0 Å². The number of benzene rings is 2. The van der Waals surface area contributed by atoms with Gasteiger partial charge in [0.05, 0.1) is 11.0 Å². The van der Waals surface area contributed by atoms with Crippen LogP contribution in [-0.2, 0) is 12.8 Å². The fourth-order valence-electron chi connectivity index (χ4n) is 3.04. The summed E-state index contributed by atoms with van der Waals surface area (Å²) in [6, 6.07) is 12.9. The van der Waals surface area contributed by atoms with Gasteiger partial charge in [-0.25, -0.2) is 4.39 Å². The molecule has 1 heterocycles. The summed E-state index contributed by atoms with van der Waals surface area (Å²) >= 11 is 0. The van der Waals surface area contributed by atoms with Crippen molar-refractivity contribution in [3.05, 3.63) is 99.1 Å². The van der Waals surface area contributed by atoms with Crippen LogP contribution in [0.1, 0.15) is 35.1 Å². The zero-order valence-corrected chi connectivity index (χ0v) is 15.8. The van der Waals surface area contributed by atoms with E-state index in [1.807, 2.05) is 24.4 Å². The number of pyridine rings is 1. The van der Waals surface area contributed by atoms with E-state index < -0.39 is 10.7 Å². The molecule has 0 bridgehead atoms. The van der Waals surface area contributed by atoms with Crippen molar-refractivity contribution in [1.29, 1.82) is 0 Å². The second kappa shape index (κ2) is 9.59. The average molecular weight is 392 g/mol. The molecule has 5 nitrogen and oxygen atoms in total. The Balaban J connectivity index is 1.63. The Morgan fingerprint density at radius 3 is 2.45 bits per heavy atom. The second-order valence-electron chi connectivity index (χ2n) is 6.76. The van der Waals surface area contributed by atoms with Gasteiger partial charge < -0.3 is 5.11 Å². The first kappa shape index (κ1) is 20.2. The first-order chi connectivity index (χ1) is 14.0. The lowest BCUT2D eigenvalue weighted by molar-refractivity contribution is -0.385. The molecule has 3 rings (SSSR count). The van der Waals surface area contributed by atoms with Crippen molar-refractivity contribution < 1.29 is 14.4 Å². The zero-order valence-electron chi connectivity index (χ0n) is 15.8. The quantitative estimate of drug-likeness (QED) is 0.235. The van der Waals surface area contributed by atoms with Crippen molar-refractivity contribution in [3.8, 4) is 5.75 Å². The molecule has 29 heavy (non-hydrogen) atoms. The fraction of sp³-hybridized carbons (Fsp3) is 0.174. The van der Waals surface area contributed by atoms with Gasteiger partial charge in [-0.15, -0.1) is 0 Å². The van der Waals surface area contributed by atoms with Crippen molar-refractivity contribution >= 4 is 17.8 Å². The number of aryl methyl sites for hydroxylation is 2. The highest BCUT2D eigenvalue weighted by atomic mass is 19.1. The number of phenolic OH excluding ortho intramolecular Hbond substituents is 1. The topological polar surface area (TPSA) is 76.3 Å². The molecule has 148 valence electrons. The number of rotatable bonds is 8. The highest BCUT2D eigenvalue weighted by Crippen LogP contribution is 2.24. The Hall–Kier alpha value is -3.54. The number of halogens is 1. The predicted molar refractivity (Wildman–Crippen MR) is 111 cm³/mol. The van der Waals surface area contributed by atoms with Crippen LogP contribution in [0, 0.1) is 15.9 Å². The van der Waals surface area contributed by atoms with Crippen LogP contribution in [0.4, 0.5) is 10.1 Å². The van der Waals surface area contributed by atoms with Gasteiger partial charge in [0.1, 0.15) is 11.6 Å². The highest BCUT2D eigenvalue weighted by Gasteiger charge is 2.09. The standard InChI is InChI=1S/C23H21FN2O3/c24-22-15-21(26(28)29)11-10-19(22)8-9-20-14-17(7-12-23(20)27)4-1-2-5-18-6-3-13-25-16-18/h3,6-16,27H,1-2,4-5H2/b9-8+. The van der Waals surface area contributed by atoms with Gasteiger partial charge in [-0.3, -0.25) is 15.1 Å². The molecule has 0 unspecified atom stereocenters. The number of unbranched alkanes of at least 4 members (excludes halogenated alkanes) is 1. The number of hydrogen-bond acceptors (Lipinski definition) is 4. The third-order valence-electron chi connectivity index (χ3n) is 4.63. The molecule has 0 radical (unpaired) electrons. The van der Waals surface area contributed by atoms with Crippen molar-refractivity contribution in [2.75, 3.05) is 0 Å². The van der Waals surface area contributed by atoms with E-state index in [0.29, 0.717) is 5.56 Å². The normalized spacial score (nSPS) is 11.1. The average Bonchev–Trinajstić information content (AvgIpc) is 2.72. The van der Waals surface area contributed by atoms with Crippen molar-refractivity contribution in [2.45, 2.75) is 25.7 Å². The molecular weight excluding hydrogens is 371 g/mol. The van der Waals surface area contributed by atoms with Gasteiger partial charge in [-0.1, -0.05) is 24.3 Å². The molecular formula is C23H21FN2O3. The van der Waals surface area contributed by atoms with Crippen LogP contribution in [0.5, 0.6) is 5.75 Å². The Kier molecular flexibility index (Phi) is 6.68. The number of non-ortho nitro benzene ring substituents is 1. The van der Waals surface area contributed by atoms with E-state index in [4.69, 9.17) is 0 Å². The van der Waals surface area contributed by atoms with Gasteiger partial charge in [-0.05, 0) is 61.1 Å². The summed E-state index contributed by atoms with van der Waals surface area (Å²) in [5, 5.41) is 20.8. The van der Waals surface area contributed by atoms with E-state index in [-0.39, 0.29) is 17.0 Å². The van der Waals surface area contributed by atoms with Crippen molar-refractivity contribution in [3.63, 3.8) is 0 Å². The summed E-state index contributed by atoms with van der Waals surface area (Å²) in [4.78, 5) is 14.2. The zero-order chi connectivity index (χ0) is 20.6. The molecule has 0 amide bonds. The molecule has 0 atom stereocenters. The third-order valence-corrected chi connectivity index (χ3v) is 4.63. The number of hydrogen-bond donors (Lipinski definition) is 1. The molecule has 1 aromatic heterocycles. The van der Waals surface area contributed by atoms with Crippen LogP contribution in [0.15, 0.2) is 60.9 Å². The molecule has 2 aromatic carbocycles. The number of aromatic hydroxyl groups is 1. The second-order valence-corrected chi connectivity index (χ2v) is 6.76. The summed E-state index contributed by atoms with van der Waals surface area (Å²) in [6.07, 6.45) is 10.6. The van der Waals surface area contributed by atoms with Crippen LogP contribution in [-0.4, -0.2) is 15.0 Å². The fourth-order valence-corrected chi connectivity index (χ4v) is 3.04. The van der Waals surface area contributed by atoms with E-state index in [1.54, 1.807) is 18.3 Å². The SMILES string of the molecule is O=[N+]([O-])c1ccc(/C=C/c2cc(CCCCc3cccnc3)ccc2O)c(F)c1. The molecule has 3 aromatic rings. The number of nitro benzene ring substituents is 1.